The Bertz CT molecular complexity index is 436. The second-order valence-electron chi connectivity index (χ2n) is 5.03. The van der Waals surface area contributed by atoms with Crippen molar-refractivity contribution in [2.75, 3.05) is 11.9 Å². The summed E-state index contributed by atoms with van der Waals surface area (Å²) in [6, 6.07) is 6.83. The highest BCUT2D eigenvalue weighted by molar-refractivity contribution is 6.00. The van der Waals surface area contributed by atoms with Gasteiger partial charge in [-0.3, -0.25) is 4.79 Å². The zero-order chi connectivity index (χ0) is 11.7. The molecule has 0 bridgehead atoms. The number of hydrogen-bond acceptors (Lipinski definition) is 2. The molecule has 0 radical (unpaired) electrons. The molecule has 17 heavy (non-hydrogen) atoms. The summed E-state index contributed by atoms with van der Waals surface area (Å²) in [5.41, 5.74) is 3.51. The summed E-state index contributed by atoms with van der Waals surface area (Å²) in [7, 11) is 0. The van der Waals surface area contributed by atoms with E-state index in [-0.39, 0.29) is 5.91 Å². The Kier molecular flexibility index (Phi) is 2.85. The summed E-state index contributed by atoms with van der Waals surface area (Å²) in [6.45, 7) is 1.13. The average molecular weight is 230 g/mol. The van der Waals surface area contributed by atoms with Crippen molar-refractivity contribution in [2.24, 2.45) is 0 Å². The number of nitrogens with one attached hydrogen (secondary N) is 2. The second kappa shape index (κ2) is 4.49. The van der Waals surface area contributed by atoms with E-state index in [1.165, 1.54) is 24.8 Å². The van der Waals surface area contributed by atoms with Crippen molar-refractivity contribution in [1.29, 1.82) is 0 Å². The topological polar surface area (TPSA) is 41.1 Å². The van der Waals surface area contributed by atoms with Gasteiger partial charge in [0.1, 0.15) is 0 Å². The molecule has 1 fully saturated rings. The van der Waals surface area contributed by atoms with Gasteiger partial charge in [0.2, 0.25) is 5.91 Å². The van der Waals surface area contributed by atoms with Crippen LogP contribution in [0.1, 0.15) is 30.4 Å². The maximum atomic E-state index is 11.4. The predicted molar refractivity (Wildman–Crippen MR) is 68.1 cm³/mol. The monoisotopic (exact) mass is 230 g/mol. The first-order valence-corrected chi connectivity index (χ1v) is 6.47. The molecule has 2 heterocycles. The Hall–Kier alpha value is -1.35. The van der Waals surface area contributed by atoms with Crippen LogP contribution in [-0.4, -0.2) is 18.5 Å². The predicted octanol–water partition coefficient (Wildman–Crippen LogP) is 1.87. The third-order valence-corrected chi connectivity index (χ3v) is 3.73. The maximum Gasteiger partial charge on any atom is 0.228 e. The SMILES string of the molecule is O=C1Cc2cccc(CC3CCCCN3)c2N1. The van der Waals surface area contributed by atoms with Crippen molar-refractivity contribution in [1.82, 2.24) is 5.32 Å². The van der Waals surface area contributed by atoms with Crippen molar-refractivity contribution in [3.8, 4) is 0 Å². The Labute approximate surface area is 102 Å². The van der Waals surface area contributed by atoms with Gasteiger partial charge in [0.05, 0.1) is 6.42 Å². The molecule has 0 saturated carbocycles. The Morgan fingerprint density at radius 3 is 3.06 bits per heavy atom. The van der Waals surface area contributed by atoms with Gasteiger partial charge in [0.15, 0.2) is 0 Å². The van der Waals surface area contributed by atoms with Crippen LogP contribution >= 0.6 is 0 Å². The van der Waals surface area contributed by atoms with E-state index in [2.05, 4.69) is 22.8 Å². The Balaban J connectivity index is 1.79. The highest BCUT2D eigenvalue weighted by atomic mass is 16.1. The largest absolute Gasteiger partial charge is 0.325 e. The van der Waals surface area contributed by atoms with Crippen LogP contribution in [0.4, 0.5) is 5.69 Å². The second-order valence-corrected chi connectivity index (χ2v) is 5.03. The van der Waals surface area contributed by atoms with Gasteiger partial charge >= 0.3 is 0 Å². The van der Waals surface area contributed by atoms with Gasteiger partial charge in [-0.05, 0) is 36.9 Å². The summed E-state index contributed by atoms with van der Waals surface area (Å²) in [5, 5.41) is 6.55. The van der Waals surface area contributed by atoms with Crippen molar-refractivity contribution >= 4 is 11.6 Å². The fourth-order valence-corrected chi connectivity index (χ4v) is 2.85. The van der Waals surface area contributed by atoms with Crippen molar-refractivity contribution in [2.45, 2.75) is 38.1 Å². The molecule has 1 amide bonds. The van der Waals surface area contributed by atoms with Crippen LogP contribution in [0.2, 0.25) is 0 Å². The smallest absolute Gasteiger partial charge is 0.228 e. The molecule has 0 aromatic heterocycles. The lowest BCUT2D eigenvalue weighted by Crippen LogP contribution is -2.35. The summed E-state index contributed by atoms with van der Waals surface area (Å²) in [6.07, 6.45) is 5.43. The van der Waals surface area contributed by atoms with Crippen molar-refractivity contribution < 1.29 is 4.79 Å². The number of benzene rings is 1. The number of anilines is 1. The van der Waals surface area contributed by atoms with Crippen molar-refractivity contribution in [3.05, 3.63) is 29.3 Å². The van der Waals surface area contributed by atoms with Gasteiger partial charge < -0.3 is 10.6 Å². The summed E-state index contributed by atoms with van der Waals surface area (Å²) >= 11 is 0. The molecular weight excluding hydrogens is 212 g/mol. The zero-order valence-electron chi connectivity index (χ0n) is 9.96. The first-order valence-electron chi connectivity index (χ1n) is 6.47. The third-order valence-electron chi connectivity index (χ3n) is 3.73. The lowest BCUT2D eigenvalue weighted by atomic mass is 9.95. The molecule has 1 saturated heterocycles. The lowest BCUT2D eigenvalue weighted by molar-refractivity contribution is -0.115. The number of carbonyl (C=O) groups excluding carboxylic acids is 1. The molecule has 3 nitrogen and oxygen atoms in total. The van der Waals surface area contributed by atoms with Gasteiger partial charge in [0.25, 0.3) is 0 Å². The van der Waals surface area contributed by atoms with E-state index in [0.29, 0.717) is 12.5 Å². The number of carbonyl (C=O) groups is 1. The number of fused-ring (bicyclic) bond motifs is 1. The average Bonchev–Trinajstić information content (AvgIpc) is 2.72. The van der Waals surface area contributed by atoms with Gasteiger partial charge in [-0.15, -0.1) is 0 Å². The molecule has 90 valence electrons. The van der Waals surface area contributed by atoms with E-state index in [4.69, 9.17) is 0 Å². The molecule has 1 unspecified atom stereocenters. The van der Waals surface area contributed by atoms with E-state index < -0.39 is 0 Å². The third kappa shape index (κ3) is 2.20. The van der Waals surface area contributed by atoms with E-state index >= 15 is 0 Å². The van der Waals surface area contributed by atoms with Crippen LogP contribution in [0.15, 0.2) is 18.2 Å². The number of para-hydroxylation sites is 1. The van der Waals surface area contributed by atoms with Crippen LogP contribution in [0.3, 0.4) is 0 Å². The number of hydrogen-bond donors (Lipinski definition) is 2. The minimum absolute atomic E-state index is 0.129. The molecule has 2 aliphatic heterocycles. The minimum Gasteiger partial charge on any atom is -0.325 e. The molecule has 2 aliphatic rings. The van der Waals surface area contributed by atoms with Gasteiger partial charge in [-0.1, -0.05) is 24.6 Å². The minimum atomic E-state index is 0.129. The molecule has 1 atom stereocenters. The summed E-state index contributed by atoms with van der Waals surface area (Å²) in [5.74, 6) is 0.129. The first-order chi connectivity index (χ1) is 8.33. The number of rotatable bonds is 2. The van der Waals surface area contributed by atoms with E-state index in [1.54, 1.807) is 0 Å². The number of piperidine rings is 1. The number of amides is 1. The summed E-state index contributed by atoms with van der Waals surface area (Å²) in [4.78, 5) is 11.4. The van der Waals surface area contributed by atoms with Gasteiger partial charge in [-0.25, -0.2) is 0 Å². The Morgan fingerprint density at radius 2 is 2.24 bits per heavy atom. The molecular formula is C14H18N2O. The lowest BCUT2D eigenvalue weighted by Gasteiger charge is -2.24. The van der Waals surface area contributed by atoms with Crippen LogP contribution in [0.25, 0.3) is 0 Å². The molecule has 3 rings (SSSR count). The van der Waals surface area contributed by atoms with Crippen LogP contribution in [0.5, 0.6) is 0 Å². The van der Waals surface area contributed by atoms with Crippen LogP contribution in [-0.2, 0) is 17.6 Å². The fourth-order valence-electron chi connectivity index (χ4n) is 2.85. The maximum absolute atomic E-state index is 11.4. The van der Waals surface area contributed by atoms with Gasteiger partial charge in [0, 0.05) is 11.7 Å². The molecule has 0 spiro atoms. The van der Waals surface area contributed by atoms with E-state index in [0.717, 1.165) is 24.2 Å². The molecule has 0 aliphatic carbocycles. The highest BCUT2D eigenvalue weighted by Gasteiger charge is 2.22. The van der Waals surface area contributed by atoms with E-state index in [1.807, 2.05) is 6.07 Å². The quantitative estimate of drug-likeness (QED) is 0.814. The van der Waals surface area contributed by atoms with Crippen LogP contribution < -0.4 is 10.6 Å². The Morgan fingerprint density at radius 1 is 1.29 bits per heavy atom. The highest BCUT2D eigenvalue weighted by Crippen LogP contribution is 2.28. The zero-order valence-corrected chi connectivity index (χ0v) is 9.96. The standard InChI is InChI=1S/C14H18N2O/c17-13-9-11-5-3-4-10(14(11)16-13)8-12-6-1-2-7-15-12/h3-5,12,15H,1-2,6-9H2,(H,16,17). The van der Waals surface area contributed by atoms with Crippen molar-refractivity contribution in [3.63, 3.8) is 0 Å². The first kappa shape index (κ1) is 10.8. The van der Waals surface area contributed by atoms with Crippen LogP contribution in [0, 0.1) is 0 Å². The van der Waals surface area contributed by atoms with Gasteiger partial charge in [-0.2, -0.15) is 0 Å². The molecule has 1 aromatic carbocycles. The molecule has 3 heteroatoms. The fraction of sp³-hybridized carbons (Fsp3) is 0.500. The normalized spacial score (nSPS) is 23.3. The molecule has 1 aromatic rings. The summed E-state index contributed by atoms with van der Waals surface area (Å²) < 4.78 is 0. The van der Waals surface area contributed by atoms with E-state index in [9.17, 15) is 4.79 Å². The molecule has 2 N–H and O–H groups in total.